The van der Waals surface area contributed by atoms with Crippen LogP contribution in [0.2, 0.25) is 0 Å². The highest BCUT2D eigenvalue weighted by molar-refractivity contribution is 5.76. The molecule has 0 aliphatic carbocycles. The van der Waals surface area contributed by atoms with Gasteiger partial charge in [0.2, 0.25) is 0 Å². The summed E-state index contributed by atoms with van der Waals surface area (Å²) in [5.74, 6) is -0.0919. The van der Waals surface area contributed by atoms with Crippen molar-refractivity contribution in [2.75, 3.05) is 0 Å². The normalized spacial score (nSPS) is 10.0. The van der Waals surface area contributed by atoms with Gasteiger partial charge in [-0.2, -0.15) is 0 Å². The van der Waals surface area contributed by atoms with Gasteiger partial charge in [0.15, 0.2) is 11.5 Å². The van der Waals surface area contributed by atoms with Crippen molar-refractivity contribution in [2.45, 2.75) is 46.0 Å². The number of carbonyl (C=O) groups excluding carboxylic acids is 2. The van der Waals surface area contributed by atoms with E-state index in [-0.39, 0.29) is 23.4 Å². The number of carbonyl (C=O) groups is 2. The van der Waals surface area contributed by atoms with E-state index in [2.05, 4.69) is 6.58 Å². The van der Waals surface area contributed by atoms with Crippen molar-refractivity contribution in [1.82, 2.24) is 0 Å². The fourth-order valence-corrected chi connectivity index (χ4v) is 1.77. The van der Waals surface area contributed by atoms with Crippen molar-refractivity contribution < 1.29 is 19.1 Å². The summed E-state index contributed by atoms with van der Waals surface area (Å²) in [5.41, 5.74) is 0.944. The number of hydrogen-bond acceptors (Lipinski definition) is 4. The largest absolute Gasteiger partial charge is 0.423 e. The molecule has 0 aromatic heterocycles. The number of rotatable bonds is 8. The van der Waals surface area contributed by atoms with Gasteiger partial charge in [-0.05, 0) is 37.0 Å². The van der Waals surface area contributed by atoms with Crippen LogP contribution in [0.5, 0.6) is 11.5 Å². The molecule has 4 nitrogen and oxygen atoms in total. The van der Waals surface area contributed by atoms with Gasteiger partial charge in [-0.15, -0.1) is 6.58 Å². The molecular weight excluding hydrogens is 268 g/mol. The summed E-state index contributed by atoms with van der Waals surface area (Å²) in [4.78, 5) is 23.3. The number of allylic oxidation sites excluding steroid dienone is 1. The number of esters is 2. The zero-order valence-electron chi connectivity index (χ0n) is 12.7. The minimum atomic E-state index is -0.332. The van der Waals surface area contributed by atoms with Crippen molar-refractivity contribution in [1.29, 1.82) is 0 Å². The lowest BCUT2D eigenvalue weighted by molar-refractivity contribution is -0.137. The molecule has 0 saturated carbocycles. The van der Waals surface area contributed by atoms with E-state index < -0.39 is 0 Å². The van der Waals surface area contributed by atoms with Crippen LogP contribution in [-0.4, -0.2) is 11.9 Å². The van der Waals surface area contributed by atoms with Gasteiger partial charge in [0.1, 0.15) is 0 Å². The van der Waals surface area contributed by atoms with Crippen LogP contribution in [0, 0.1) is 0 Å². The summed E-state index contributed by atoms with van der Waals surface area (Å²) in [5, 5.41) is 0. The lowest BCUT2D eigenvalue weighted by Gasteiger charge is -2.11. The molecule has 0 N–H and O–H groups in total. The van der Waals surface area contributed by atoms with E-state index in [4.69, 9.17) is 9.47 Å². The molecule has 0 fully saturated rings. The Hall–Kier alpha value is -2.10. The highest BCUT2D eigenvalue weighted by Crippen LogP contribution is 2.29. The number of ether oxygens (including phenoxy) is 2. The topological polar surface area (TPSA) is 52.6 Å². The number of hydrogen-bond donors (Lipinski definition) is 0. The van der Waals surface area contributed by atoms with Crippen LogP contribution in [0.25, 0.3) is 0 Å². The third-order valence-electron chi connectivity index (χ3n) is 2.74. The summed E-state index contributed by atoms with van der Waals surface area (Å²) in [7, 11) is 0. The van der Waals surface area contributed by atoms with E-state index in [1.165, 1.54) is 0 Å². The monoisotopic (exact) mass is 290 g/mol. The Labute approximate surface area is 125 Å². The average Bonchev–Trinajstić information content (AvgIpc) is 2.42. The lowest BCUT2D eigenvalue weighted by atomic mass is 10.1. The molecular formula is C17H22O4. The quantitative estimate of drug-likeness (QED) is 0.415. The first kappa shape index (κ1) is 17.0. The van der Waals surface area contributed by atoms with E-state index >= 15 is 0 Å². The van der Waals surface area contributed by atoms with Gasteiger partial charge in [0, 0.05) is 12.8 Å². The van der Waals surface area contributed by atoms with Crippen LogP contribution >= 0.6 is 0 Å². The summed E-state index contributed by atoms with van der Waals surface area (Å²) in [6, 6.07) is 5.19. The van der Waals surface area contributed by atoms with Crippen molar-refractivity contribution in [2.24, 2.45) is 0 Å². The molecule has 0 saturated heterocycles. The minimum Gasteiger partial charge on any atom is -0.423 e. The van der Waals surface area contributed by atoms with Gasteiger partial charge < -0.3 is 9.47 Å². The molecule has 0 unspecified atom stereocenters. The molecule has 1 aromatic rings. The molecule has 0 atom stereocenters. The first-order valence-corrected chi connectivity index (χ1v) is 7.25. The van der Waals surface area contributed by atoms with Gasteiger partial charge in [-0.1, -0.05) is 26.0 Å². The third kappa shape index (κ3) is 5.81. The Bertz CT molecular complexity index is 506. The highest BCUT2D eigenvalue weighted by atomic mass is 16.6. The van der Waals surface area contributed by atoms with Crippen molar-refractivity contribution in [3.8, 4) is 11.5 Å². The van der Waals surface area contributed by atoms with Crippen molar-refractivity contribution in [3.63, 3.8) is 0 Å². The van der Waals surface area contributed by atoms with Gasteiger partial charge in [-0.3, -0.25) is 9.59 Å². The Morgan fingerprint density at radius 2 is 1.62 bits per heavy atom. The highest BCUT2D eigenvalue weighted by Gasteiger charge is 2.13. The molecule has 0 spiro atoms. The second-order valence-corrected chi connectivity index (χ2v) is 4.72. The van der Waals surface area contributed by atoms with Crippen molar-refractivity contribution >= 4 is 11.9 Å². The fraction of sp³-hybridized carbons (Fsp3) is 0.412. The Kier molecular flexibility index (Phi) is 7.23. The molecule has 4 heteroatoms. The predicted octanol–water partition coefficient (Wildman–Crippen LogP) is 3.83. The zero-order valence-corrected chi connectivity index (χ0v) is 12.7. The molecule has 21 heavy (non-hydrogen) atoms. The van der Waals surface area contributed by atoms with E-state index in [1.54, 1.807) is 18.2 Å². The van der Waals surface area contributed by atoms with Gasteiger partial charge in [-0.25, -0.2) is 0 Å². The van der Waals surface area contributed by atoms with Crippen molar-refractivity contribution in [3.05, 3.63) is 36.4 Å². The lowest BCUT2D eigenvalue weighted by Crippen LogP contribution is -2.11. The molecule has 1 aromatic carbocycles. The molecule has 0 aliphatic heterocycles. The van der Waals surface area contributed by atoms with Crippen LogP contribution in [0.4, 0.5) is 0 Å². The number of benzene rings is 1. The minimum absolute atomic E-state index is 0.283. The van der Waals surface area contributed by atoms with Crippen LogP contribution in [0.1, 0.15) is 45.1 Å². The fourth-order valence-electron chi connectivity index (χ4n) is 1.77. The maximum Gasteiger partial charge on any atom is 0.311 e. The summed E-state index contributed by atoms with van der Waals surface area (Å²) in [6.45, 7) is 7.48. The third-order valence-corrected chi connectivity index (χ3v) is 2.74. The Morgan fingerprint density at radius 3 is 2.14 bits per heavy atom. The molecule has 0 aliphatic rings. The Balaban J connectivity index is 2.95. The molecule has 0 amide bonds. The molecule has 0 bridgehead atoms. The molecule has 114 valence electrons. The first-order valence-electron chi connectivity index (χ1n) is 7.25. The summed E-state index contributed by atoms with van der Waals surface area (Å²) >= 11 is 0. The maximum absolute atomic E-state index is 11.7. The van der Waals surface area contributed by atoms with Crippen LogP contribution in [0.15, 0.2) is 30.9 Å². The van der Waals surface area contributed by atoms with E-state index in [0.29, 0.717) is 32.1 Å². The van der Waals surface area contributed by atoms with E-state index in [1.807, 2.05) is 19.9 Å². The molecule has 1 rings (SSSR count). The molecule has 0 radical (unpaired) electrons. The van der Waals surface area contributed by atoms with Crippen LogP contribution in [-0.2, 0) is 16.0 Å². The SMILES string of the molecule is C=CCc1ccc(OC(=O)CCC)c(OC(=O)CCC)c1. The smallest absolute Gasteiger partial charge is 0.311 e. The van der Waals surface area contributed by atoms with Crippen LogP contribution in [0.3, 0.4) is 0 Å². The average molecular weight is 290 g/mol. The van der Waals surface area contributed by atoms with E-state index in [9.17, 15) is 9.59 Å². The maximum atomic E-state index is 11.7. The van der Waals surface area contributed by atoms with Gasteiger partial charge >= 0.3 is 11.9 Å². The summed E-state index contributed by atoms with van der Waals surface area (Å²) < 4.78 is 10.6. The second kappa shape index (κ2) is 8.95. The first-order chi connectivity index (χ1) is 10.1. The van der Waals surface area contributed by atoms with Gasteiger partial charge in [0.05, 0.1) is 0 Å². The summed E-state index contributed by atoms with van der Waals surface area (Å²) in [6.07, 6.45) is 4.48. The second-order valence-electron chi connectivity index (χ2n) is 4.72. The zero-order chi connectivity index (χ0) is 15.7. The Morgan fingerprint density at radius 1 is 1.05 bits per heavy atom. The van der Waals surface area contributed by atoms with Gasteiger partial charge in [0.25, 0.3) is 0 Å². The predicted molar refractivity (Wildman–Crippen MR) is 81.4 cm³/mol. The standard InChI is InChI=1S/C17H22O4/c1-4-7-13-10-11-14(20-16(18)8-5-2)15(12-13)21-17(19)9-6-3/h4,10-12H,1,5-9H2,2-3H3. The van der Waals surface area contributed by atoms with E-state index in [0.717, 1.165) is 5.56 Å². The molecule has 0 heterocycles. The van der Waals surface area contributed by atoms with Crippen LogP contribution < -0.4 is 9.47 Å².